The van der Waals surface area contributed by atoms with E-state index in [2.05, 4.69) is 22.9 Å². The van der Waals surface area contributed by atoms with Crippen LogP contribution in [0.5, 0.6) is 5.75 Å². The summed E-state index contributed by atoms with van der Waals surface area (Å²) in [4.78, 5) is 0. The van der Waals surface area contributed by atoms with Gasteiger partial charge in [0.2, 0.25) is 0 Å². The molecule has 0 saturated carbocycles. The van der Waals surface area contributed by atoms with Crippen LogP contribution >= 0.6 is 15.9 Å². The zero-order valence-corrected chi connectivity index (χ0v) is 11.2. The standard InChI is InChI=1S/C13H18BrFO/c1-2-3-4-5-8-16-13-7-6-12(15)9-11(13)10-14/h6-7,9H,2-5,8,10H2,1H3. The largest absolute Gasteiger partial charge is 0.493 e. The van der Waals surface area contributed by atoms with Crippen LogP contribution in [0, 0.1) is 5.82 Å². The fourth-order valence-corrected chi connectivity index (χ4v) is 1.94. The second-order valence-corrected chi connectivity index (χ2v) is 4.36. The second kappa shape index (κ2) is 7.66. The summed E-state index contributed by atoms with van der Waals surface area (Å²) in [5.41, 5.74) is 0.871. The first-order chi connectivity index (χ1) is 7.77. The van der Waals surface area contributed by atoms with Crippen molar-refractivity contribution in [1.82, 2.24) is 0 Å². The Kier molecular flexibility index (Phi) is 6.46. The number of rotatable bonds is 7. The molecule has 0 aliphatic rings. The molecule has 0 bridgehead atoms. The average molecular weight is 289 g/mol. The highest BCUT2D eigenvalue weighted by atomic mass is 79.9. The normalized spacial score (nSPS) is 10.4. The van der Waals surface area contributed by atoms with Crippen molar-refractivity contribution in [3.8, 4) is 5.75 Å². The minimum atomic E-state index is -0.215. The molecule has 3 heteroatoms. The maximum Gasteiger partial charge on any atom is 0.123 e. The Morgan fingerprint density at radius 1 is 1.25 bits per heavy atom. The van der Waals surface area contributed by atoms with Crippen LogP contribution in [0.4, 0.5) is 4.39 Å². The number of hydrogen-bond acceptors (Lipinski definition) is 1. The molecule has 0 unspecified atom stereocenters. The van der Waals surface area contributed by atoms with Gasteiger partial charge in [-0.2, -0.15) is 0 Å². The van der Waals surface area contributed by atoms with Gasteiger partial charge in [-0.15, -0.1) is 0 Å². The van der Waals surface area contributed by atoms with Crippen molar-refractivity contribution in [3.05, 3.63) is 29.6 Å². The lowest BCUT2D eigenvalue weighted by Crippen LogP contribution is -2.00. The molecule has 16 heavy (non-hydrogen) atoms. The lowest BCUT2D eigenvalue weighted by atomic mass is 10.2. The third-order valence-electron chi connectivity index (χ3n) is 2.42. The van der Waals surface area contributed by atoms with Crippen LogP contribution in [0.2, 0.25) is 0 Å². The lowest BCUT2D eigenvalue weighted by molar-refractivity contribution is 0.302. The van der Waals surface area contributed by atoms with Gasteiger partial charge in [-0.25, -0.2) is 4.39 Å². The monoisotopic (exact) mass is 288 g/mol. The van der Waals surface area contributed by atoms with Crippen molar-refractivity contribution in [1.29, 1.82) is 0 Å². The van der Waals surface area contributed by atoms with Crippen molar-refractivity contribution >= 4 is 15.9 Å². The van der Waals surface area contributed by atoms with E-state index < -0.39 is 0 Å². The summed E-state index contributed by atoms with van der Waals surface area (Å²) >= 11 is 3.33. The second-order valence-electron chi connectivity index (χ2n) is 3.79. The molecule has 0 aromatic heterocycles. The smallest absolute Gasteiger partial charge is 0.123 e. The zero-order valence-electron chi connectivity index (χ0n) is 9.64. The van der Waals surface area contributed by atoms with Gasteiger partial charge in [0.1, 0.15) is 11.6 Å². The van der Waals surface area contributed by atoms with E-state index in [0.717, 1.165) is 17.7 Å². The van der Waals surface area contributed by atoms with E-state index in [1.165, 1.54) is 31.4 Å². The van der Waals surface area contributed by atoms with Gasteiger partial charge < -0.3 is 4.74 Å². The predicted octanol–water partition coefficient (Wildman–Crippen LogP) is 4.68. The van der Waals surface area contributed by atoms with Gasteiger partial charge in [-0.3, -0.25) is 0 Å². The van der Waals surface area contributed by atoms with Gasteiger partial charge in [0, 0.05) is 10.9 Å². The van der Waals surface area contributed by atoms with Crippen LogP contribution in [0.15, 0.2) is 18.2 Å². The number of unbranched alkanes of at least 4 members (excludes halogenated alkanes) is 3. The molecule has 0 N–H and O–H groups in total. The minimum absolute atomic E-state index is 0.215. The first-order valence-corrected chi connectivity index (χ1v) is 6.87. The molecule has 0 spiro atoms. The number of halogens is 2. The maximum absolute atomic E-state index is 12.9. The van der Waals surface area contributed by atoms with Gasteiger partial charge in [0.05, 0.1) is 6.61 Å². The number of hydrogen-bond donors (Lipinski definition) is 0. The topological polar surface area (TPSA) is 9.23 Å². The summed E-state index contributed by atoms with van der Waals surface area (Å²) in [6.45, 7) is 2.90. The minimum Gasteiger partial charge on any atom is -0.493 e. The van der Waals surface area contributed by atoms with Gasteiger partial charge in [-0.05, 0) is 24.6 Å². The fourth-order valence-electron chi connectivity index (χ4n) is 1.50. The summed E-state index contributed by atoms with van der Waals surface area (Å²) in [6, 6.07) is 4.65. The zero-order chi connectivity index (χ0) is 11.8. The predicted molar refractivity (Wildman–Crippen MR) is 68.7 cm³/mol. The molecule has 1 aromatic rings. The quantitative estimate of drug-likeness (QED) is 0.523. The van der Waals surface area contributed by atoms with Crippen LogP contribution in [0.1, 0.15) is 38.2 Å². The van der Waals surface area contributed by atoms with Gasteiger partial charge in [0.15, 0.2) is 0 Å². The van der Waals surface area contributed by atoms with Gasteiger partial charge in [-0.1, -0.05) is 42.1 Å². The van der Waals surface area contributed by atoms with E-state index in [-0.39, 0.29) is 5.82 Å². The van der Waals surface area contributed by atoms with Crippen molar-refractivity contribution in [2.24, 2.45) is 0 Å². The highest BCUT2D eigenvalue weighted by molar-refractivity contribution is 9.08. The molecule has 0 aliphatic carbocycles. The Bertz CT molecular complexity index is 315. The molecule has 0 radical (unpaired) electrons. The summed E-state index contributed by atoms with van der Waals surface area (Å²) in [6.07, 6.45) is 4.73. The Morgan fingerprint density at radius 2 is 2.06 bits per heavy atom. The number of alkyl halides is 1. The molecule has 1 aromatic carbocycles. The molecule has 0 atom stereocenters. The molecular formula is C13H18BrFO. The highest BCUT2D eigenvalue weighted by Gasteiger charge is 2.03. The molecule has 90 valence electrons. The SMILES string of the molecule is CCCCCCOc1ccc(F)cc1CBr. The number of benzene rings is 1. The maximum atomic E-state index is 12.9. The molecule has 1 rings (SSSR count). The van der Waals surface area contributed by atoms with Gasteiger partial charge in [0.25, 0.3) is 0 Å². The molecule has 0 aliphatic heterocycles. The first-order valence-electron chi connectivity index (χ1n) is 5.75. The summed E-state index contributed by atoms with van der Waals surface area (Å²) in [7, 11) is 0. The van der Waals surface area contributed by atoms with Gasteiger partial charge >= 0.3 is 0 Å². The highest BCUT2D eigenvalue weighted by Crippen LogP contribution is 2.22. The number of ether oxygens (including phenoxy) is 1. The van der Waals surface area contributed by atoms with Crippen LogP contribution in [-0.2, 0) is 5.33 Å². The average Bonchev–Trinajstić information content (AvgIpc) is 2.30. The van der Waals surface area contributed by atoms with E-state index in [9.17, 15) is 4.39 Å². The molecule has 0 amide bonds. The Morgan fingerprint density at radius 3 is 2.75 bits per heavy atom. The van der Waals surface area contributed by atoms with E-state index in [0.29, 0.717) is 11.9 Å². The van der Waals surface area contributed by atoms with Crippen molar-refractivity contribution in [2.45, 2.75) is 37.9 Å². The Hall–Kier alpha value is -0.570. The van der Waals surface area contributed by atoms with Crippen molar-refractivity contribution < 1.29 is 9.13 Å². The van der Waals surface area contributed by atoms with Crippen LogP contribution in [0.25, 0.3) is 0 Å². The molecule has 0 saturated heterocycles. The molecule has 0 heterocycles. The van der Waals surface area contributed by atoms with Crippen LogP contribution in [-0.4, -0.2) is 6.61 Å². The van der Waals surface area contributed by atoms with E-state index in [1.54, 1.807) is 6.07 Å². The van der Waals surface area contributed by atoms with E-state index >= 15 is 0 Å². The Labute approximate surface area is 105 Å². The van der Waals surface area contributed by atoms with Crippen LogP contribution < -0.4 is 4.74 Å². The van der Waals surface area contributed by atoms with Crippen molar-refractivity contribution in [3.63, 3.8) is 0 Å². The summed E-state index contributed by atoms with van der Waals surface area (Å²) in [5, 5.41) is 0.620. The first kappa shape index (κ1) is 13.5. The van der Waals surface area contributed by atoms with E-state index in [1.807, 2.05) is 0 Å². The molecule has 0 fully saturated rings. The van der Waals surface area contributed by atoms with Crippen molar-refractivity contribution in [2.75, 3.05) is 6.61 Å². The molecule has 1 nitrogen and oxygen atoms in total. The summed E-state index contributed by atoms with van der Waals surface area (Å²) in [5.74, 6) is 0.572. The third-order valence-corrected chi connectivity index (χ3v) is 3.03. The van der Waals surface area contributed by atoms with E-state index in [4.69, 9.17) is 4.74 Å². The Balaban J connectivity index is 2.41. The molecular weight excluding hydrogens is 271 g/mol. The van der Waals surface area contributed by atoms with Crippen LogP contribution in [0.3, 0.4) is 0 Å². The fraction of sp³-hybridized carbons (Fsp3) is 0.538. The third kappa shape index (κ3) is 4.52. The lowest BCUT2D eigenvalue weighted by Gasteiger charge is -2.09. The summed E-state index contributed by atoms with van der Waals surface area (Å²) < 4.78 is 18.6.